The summed E-state index contributed by atoms with van der Waals surface area (Å²) in [4.78, 5) is 0. The van der Waals surface area contributed by atoms with Gasteiger partial charge in [0, 0.05) is 0 Å². The summed E-state index contributed by atoms with van der Waals surface area (Å²) in [7, 11) is 0. The van der Waals surface area contributed by atoms with E-state index in [1.807, 2.05) is 0 Å². The maximum absolute atomic E-state index is 12.8. The monoisotopic (exact) mass is 248 g/mol. The van der Waals surface area contributed by atoms with E-state index in [-0.39, 0.29) is 12.1 Å². The Hall–Kier alpha value is -1.47. The lowest BCUT2D eigenvalue weighted by Crippen LogP contribution is -2.18. The average Bonchev–Trinajstić information content (AvgIpc) is 2.04. The summed E-state index contributed by atoms with van der Waals surface area (Å²) < 4.78 is 86.9. The second kappa shape index (κ2) is 3.84. The highest BCUT2D eigenvalue weighted by Crippen LogP contribution is 2.33. The Labute approximate surface area is 84.4 Å². The van der Waals surface area contributed by atoms with E-state index >= 15 is 0 Å². The SMILES string of the molecule is Fc1cc(C(F)(F)F)ccc1OC(F)(F)F. The van der Waals surface area contributed by atoms with E-state index in [4.69, 9.17) is 0 Å². The minimum atomic E-state index is -5.15. The molecule has 0 atom stereocenters. The summed E-state index contributed by atoms with van der Waals surface area (Å²) in [5, 5.41) is 0. The van der Waals surface area contributed by atoms with E-state index in [0.717, 1.165) is 0 Å². The lowest BCUT2D eigenvalue weighted by atomic mass is 10.2. The van der Waals surface area contributed by atoms with Gasteiger partial charge in [-0.25, -0.2) is 4.39 Å². The predicted molar refractivity (Wildman–Crippen MR) is 38.1 cm³/mol. The molecule has 0 aromatic heterocycles. The molecule has 1 aromatic rings. The van der Waals surface area contributed by atoms with Crippen LogP contribution in [0.1, 0.15) is 5.56 Å². The van der Waals surface area contributed by atoms with Crippen LogP contribution >= 0.6 is 0 Å². The Kier molecular flexibility index (Phi) is 3.02. The van der Waals surface area contributed by atoms with Crippen molar-refractivity contribution in [3.8, 4) is 5.75 Å². The molecule has 8 heteroatoms. The molecule has 0 saturated heterocycles. The van der Waals surface area contributed by atoms with Gasteiger partial charge in [-0.05, 0) is 18.2 Å². The van der Waals surface area contributed by atoms with Crippen molar-refractivity contribution in [2.24, 2.45) is 0 Å². The summed E-state index contributed by atoms with van der Waals surface area (Å²) >= 11 is 0. The van der Waals surface area contributed by atoms with E-state index in [1.165, 1.54) is 0 Å². The molecule has 0 spiro atoms. The number of benzene rings is 1. The molecule has 0 bridgehead atoms. The Balaban J connectivity index is 3.01. The Bertz CT molecular complexity index is 379. The fourth-order valence-electron chi connectivity index (χ4n) is 0.885. The van der Waals surface area contributed by atoms with Gasteiger partial charge in [0.25, 0.3) is 0 Å². The minimum absolute atomic E-state index is 0.0684. The van der Waals surface area contributed by atoms with Crippen LogP contribution in [0.15, 0.2) is 18.2 Å². The molecule has 0 unspecified atom stereocenters. The highest BCUT2D eigenvalue weighted by molar-refractivity contribution is 5.30. The van der Waals surface area contributed by atoms with E-state index in [0.29, 0.717) is 6.07 Å². The molecule has 0 aliphatic heterocycles. The van der Waals surface area contributed by atoms with Crippen molar-refractivity contribution < 1.29 is 35.5 Å². The molecule has 0 amide bonds. The number of hydrogen-bond donors (Lipinski definition) is 0. The fraction of sp³-hybridized carbons (Fsp3) is 0.250. The van der Waals surface area contributed by atoms with Crippen LogP contribution in [0.25, 0.3) is 0 Å². The predicted octanol–water partition coefficient (Wildman–Crippen LogP) is 3.74. The smallest absolute Gasteiger partial charge is 0.403 e. The summed E-state index contributed by atoms with van der Waals surface area (Å²) in [6.07, 6.45) is -9.97. The zero-order chi connectivity index (χ0) is 12.6. The van der Waals surface area contributed by atoms with Crippen LogP contribution in [-0.4, -0.2) is 6.36 Å². The molecule has 0 saturated carbocycles. The van der Waals surface area contributed by atoms with Crippen LogP contribution in [-0.2, 0) is 6.18 Å². The first-order valence-corrected chi connectivity index (χ1v) is 3.72. The molecule has 0 heterocycles. The van der Waals surface area contributed by atoms with Gasteiger partial charge >= 0.3 is 12.5 Å². The topological polar surface area (TPSA) is 9.23 Å². The molecule has 16 heavy (non-hydrogen) atoms. The lowest BCUT2D eigenvalue weighted by molar-refractivity contribution is -0.275. The Morgan fingerprint density at radius 1 is 0.938 bits per heavy atom. The van der Waals surface area contributed by atoms with Gasteiger partial charge in [-0.15, -0.1) is 13.2 Å². The third-order valence-corrected chi connectivity index (χ3v) is 1.48. The molecule has 0 aliphatic carbocycles. The van der Waals surface area contributed by atoms with Crippen molar-refractivity contribution in [1.82, 2.24) is 0 Å². The van der Waals surface area contributed by atoms with Gasteiger partial charge in [-0.1, -0.05) is 0 Å². The maximum atomic E-state index is 12.8. The molecule has 0 radical (unpaired) electrons. The minimum Gasteiger partial charge on any atom is -0.403 e. The van der Waals surface area contributed by atoms with Gasteiger partial charge in [0.1, 0.15) is 0 Å². The normalized spacial score (nSPS) is 12.7. The first-order chi connectivity index (χ1) is 7.09. The number of hydrogen-bond acceptors (Lipinski definition) is 1. The quantitative estimate of drug-likeness (QED) is 0.688. The summed E-state index contributed by atoms with van der Waals surface area (Å²) in [5.41, 5.74) is -1.39. The van der Waals surface area contributed by atoms with Crippen LogP contribution in [0.4, 0.5) is 30.7 Å². The van der Waals surface area contributed by atoms with Crippen molar-refractivity contribution in [2.45, 2.75) is 12.5 Å². The van der Waals surface area contributed by atoms with Crippen LogP contribution < -0.4 is 4.74 Å². The van der Waals surface area contributed by atoms with Crippen molar-refractivity contribution >= 4 is 0 Å². The van der Waals surface area contributed by atoms with E-state index in [9.17, 15) is 30.7 Å². The van der Waals surface area contributed by atoms with Gasteiger partial charge < -0.3 is 4.74 Å². The maximum Gasteiger partial charge on any atom is 0.573 e. The third-order valence-electron chi connectivity index (χ3n) is 1.48. The molecule has 0 aliphatic rings. The first kappa shape index (κ1) is 12.6. The van der Waals surface area contributed by atoms with Gasteiger partial charge in [0.15, 0.2) is 11.6 Å². The number of rotatable bonds is 1. The highest BCUT2D eigenvalue weighted by Gasteiger charge is 2.35. The second-order valence-electron chi connectivity index (χ2n) is 2.69. The van der Waals surface area contributed by atoms with Gasteiger partial charge in [0.2, 0.25) is 0 Å². The molecule has 1 aromatic carbocycles. The van der Waals surface area contributed by atoms with E-state index in [2.05, 4.69) is 4.74 Å². The van der Waals surface area contributed by atoms with Gasteiger partial charge in [0.05, 0.1) is 5.56 Å². The van der Waals surface area contributed by atoms with Gasteiger partial charge in [-0.2, -0.15) is 13.2 Å². The molecule has 1 rings (SSSR count). The standard InChI is InChI=1S/C8H3F7O/c9-5-3-4(7(10,11)12)1-2-6(5)16-8(13,14)15/h1-3H. The lowest BCUT2D eigenvalue weighted by Gasteiger charge is -2.11. The fourth-order valence-corrected chi connectivity index (χ4v) is 0.885. The van der Waals surface area contributed by atoms with Crippen molar-refractivity contribution in [3.63, 3.8) is 0 Å². The zero-order valence-electron chi connectivity index (χ0n) is 7.29. The largest absolute Gasteiger partial charge is 0.573 e. The summed E-state index contributed by atoms with van der Waals surface area (Å²) in [5.74, 6) is -3.03. The third kappa shape index (κ3) is 3.28. The Morgan fingerprint density at radius 2 is 1.50 bits per heavy atom. The van der Waals surface area contributed by atoms with Crippen LogP contribution in [0.2, 0.25) is 0 Å². The summed E-state index contributed by atoms with van der Waals surface area (Å²) in [6, 6.07) is 0.497. The molecular formula is C8H3F7O. The molecule has 90 valence electrons. The molecule has 1 nitrogen and oxygen atoms in total. The average molecular weight is 248 g/mol. The Morgan fingerprint density at radius 3 is 1.88 bits per heavy atom. The first-order valence-electron chi connectivity index (χ1n) is 3.72. The number of alkyl halides is 6. The van der Waals surface area contributed by atoms with Crippen LogP contribution in [0.5, 0.6) is 5.75 Å². The number of halogens is 7. The van der Waals surface area contributed by atoms with E-state index < -0.39 is 29.7 Å². The molecular weight excluding hydrogens is 245 g/mol. The summed E-state index contributed by atoms with van der Waals surface area (Å²) in [6.45, 7) is 0. The van der Waals surface area contributed by atoms with Crippen LogP contribution in [0, 0.1) is 5.82 Å². The number of ether oxygens (including phenoxy) is 1. The highest BCUT2D eigenvalue weighted by atomic mass is 19.4. The van der Waals surface area contributed by atoms with Crippen molar-refractivity contribution in [1.29, 1.82) is 0 Å². The zero-order valence-corrected chi connectivity index (χ0v) is 7.29. The van der Waals surface area contributed by atoms with Crippen molar-refractivity contribution in [2.75, 3.05) is 0 Å². The molecule has 0 N–H and O–H groups in total. The van der Waals surface area contributed by atoms with Gasteiger partial charge in [-0.3, -0.25) is 0 Å². The van der Waals surface area contributed by atoms with Crippen molar-refractivity contribution in [3.05, 3.63) is 29.6 Å². The van der Waals surface area contributed by atoms with E-state index in [1.54, 1.807) is 0 Å². The van der Waals surface area contributed by atoms with Crippen LogP contribution in [0.3, 0.4) is 0 Å². The molecule has 0 fully saturated rings. The second-order valence-corrected chi connectivity index (χ2v) is 2.69.